The highest BCUT2D eigenvalue weighted by atomic mass is 35.5. The first kappa shape index (κ1) is 29.3. The highest BCUT2D eigenvalue weighted by molar-refractivity contribution is 6.31. The van der Waals surface area contributed by atoms with Gasteiger partial charge in [-0.05, 0) is 66.7 Å². The van der Waals surface area contributed by atoms with Crippen molar-refractivity contribution in [2.75, 3.05) is 23.5 Å². The molecule has 0 aliphatic carbocycles. The molecule has 8 nitrogen and oxygen atoms in total. The molecule has 0 aliphatic rings. The second-order valence-corrected chi connectivity index (χ2v) is 9.42. The molecule has 4 N–H and O–H groups in total. The maximum atomic E-state index is 14.9. The van der Waals surface area contributed by atoms with Gasteiger partial charge in [0.1, 0.15) is 23.1 Å². The molecular weight excluding hydrogens is 592 g/mol. The lowest BCUT2D eigenvalue weighted by atomic mass is 10.1. The first-order valence-electron chi connectivity index (χ1n) is 12.4. The van der Waals surface area contributed by atoms with Crippen LogP contribution < -0.4 is 30.6 Å². The highest BCUT2D eigenvalue weighted by Crippen LogP contribution is 2.40. The summed E-state index contributed by atoms with van der Waals surface area (Å²) in [5.74, 6) is 0.881. The first-order valence-corrected chi connectivity index (χ1v) is 12.8. The Morgan fingerprint density at radius 2 is 1.58 bits per heavy atom. The minimum Gasteiger partial charge on any atom is -0.493 e. The fourth-order valence-electron chi connectivity index (χ4n) is 4.01. The average Bonchev–Trinajstić information content (AvgIpc) is 2.96. The average molecular weight is 613 g/mol. The number of alkyl halides is 3. The number of ether oxygens (including phenoxy) is 3. The third-order valence-electron chi connectivity index (χ3n) is 6.04. The summed E-state index contributed by atoms with van der Waals surface area (Å²) in [6, 6.07) is 17.3. The zero-order valence-electron chi connectivity index (χ0n) is 22.1. The van der Waals surface area contributed by atoms with Crippen molar-refractivity contribution in [3.8, 4) is 28.7 Å². The molecule has 2 amide bonds. The zero-order valence-corrected chi connectivity index (χ0v) is 22.9. The van der Waals surface area contributed by atoms with E-state index in [4.69, 9.17) is 31.5 Å². The molecule has 0 fully saturated rings. The lowest BCUT2D eigenvalue weighted by molar-refractivity contribution is -0.137. The van der Waals surface area contributed by atoms with Crippen LogP contribution in [0.4, 0.5) is 39.4 Å². The summed E-state index contributed by atoms with van der Waals surface area (Å²) < 4.78 is 71.6. The number of rotatable bonds is 7. The maximum absolute atomic E-state index is 14.9. The van der Waals surface area contributed by atoms with Gasteiger partial charge in [0.25, 0.3) is 0 Å². The zero-order chi connectivity index (χ0) is 30.7. The van der Waals surface area contributed by atoms with Crippen molar-refractivity contribution in [2.45, 2.75) is 6.18 Å². The van der Waals surface area contributed by atoms with Crippen molar-refractivity contribution in [3.63, 3.8) is 0 Å². The Kier molecular flexibility index (Phi) is 8.13. The molecular formula is C30H21ClF4N4O4. The molecule has 1 heterocycles. The van der Waals surface area contributed by atoms with Gasteiger partial charge in [0, 0.05) is 35.1 Å². The van der Waals surface area contributed by atoms with E-state index in [2.05, 4.69) is 15.6 Å². The number of fused-ring (bicyclic) bond motifs is 1. The number of nitrogens with two attached hydrogens (primary N) is 1. The Morgan fingerprint density at radius 1 is 0.860 bits per heavy atom. The lowest BCUT2D eigenvalue weighted by Crippen LogP contribution is -2.20. The highest BCUT2D eigenvalue weighted by Gasteiger charge is 2.33. The quantitative estimate of drug-likeness (QED) is 0.125. The van der Waals surface area contributed by atoms with Crippen LogP contribution in [-0.4, -0.2) is 18.1 Å². The Bertz CT molecular complexity index is 1820. The van der Waals surface area contributed by atoms with Gasteiger partial charge >= 0.3 is 12.2 Å². The van der Waals surface area contributed by atoms with Crippen molar-refractivity contribution in [1.29, 1.82) is 0 Å². The number of carbonyl (C=O) groups is 1. The third-order valence-corrected chi connectivity index (χ3v) is 6.37. The fourth-order valence-corrected chi connectivity index (χ4v) is 4.24. The van der Waals surface area contributed by atoms with Gasteiger partial charge in [0.05, 0.1) is 28.9 Å². The Labute approximate surface area is 247 Å². The number of nitrogen functional groups attached to an aromatic ring is 1. The molecule has 0 bridgehead atoms. The number of urea groups is 1. The summed E-state index contributed by atoms with van der Waals surface area (Å²) in [7, 11) is 1.49. The van der Waals surface area contributed by atoms with Crippen molar-refractivity contribution >= 4 is 45.6 Å². The summed E-state index contributed by atoms with van der Waals surface area (Å²) in [4.78, 5) is 16.7. The van der Waals surface area contributed by atoms with E-state index < -0.39 is 28.6 Å². The van der Waals surface area contributed by atoms with E-state index in [0.717, 1.165) is 12.1 Å². The Morgan fingerprint density at radius 3 is 2.28 bits per heavy atom. The first-order chi connectivity index (χ1) is 20.5. The Hall–Kier alpha value is -5.23. The normalized spacial score (nSPS) is 11.2. The monoisotopic (exact) mass is 612 g/mol. The second kappa shape index (κ2) is 11.9. The number of pyridine rings is 1. The maximum Gasteiger partial charge on any atom is 0.417 e. The standard InChI is InChI=1S/C30H21ClF4N4O4/c1-41-27-15-25-20(14-28(27)42-18-5-2-16(36)3-6-18)26(10-11-37-25)43-19-7-9-24(23(32)13-19)39-29(40)38-17-4-8-22(31)21(12-17)30(33,34)35/h2-15H,36H2,1H3,(H2,38,39,40). The van der Waals surface area contributed by atoms with Crippen molar-refractivity contribution in [2.24, 2.45) is 0 Å². The molecule has 0 radical (unpaired) electrons. The summed E-state index contributed by atoms with van der Waals surface area (Å²) >= 11 is 5.60. The summed E-state index contributed by atoms with van der Waals surface area (Å²) in [6.45, 7) is 0. The molecule has 5 rings (SSSR count). The molecule has 0 unspecified atom stereocenters. The largest absolute Gasteiger partial charge is 0.493 e. The number of anilines is 3. The molecule has 0 saturated heterocycles. The van der Waals surface area contributed by atoms with E-state index in [1.165, 1.54) is 31.5 Å². The molecule has 0 aliphatic heterocycles. The molecule has 0 atom stereocenters. The molecule has 4 aromatic carbocycles. The number of carbonyl (C=O) groups excluding carboxylic acids is 1. The molecule has 43 heavy (non-hydrogen) atoms. The number of hydrogen-bond acceptors (Lipinski definition) is 6. The molecule has 5 aromatic rings. The van der Waals surface area contributed by atoms with Gasteiger partial charge < -0.3 is 30.6 Å². The Balaban J connectivity index is 1.34. The second-order valence-electron chi connectivity index (χ2n) is 9.02. The number of benzene rings is 4. The van der Waals surface area contributed by atoms with Crippen LogP contribution in [0.25, 0.3) is 10.9 Å². The number of amides is 2. The summed E-state index contributed by atoms with van der Waals surface area (Å²) in [5.41, 5.74) is 5.30. The van der Waals surface area contributed by atoms with E-state index in [9.17, 15) is 22.4 Å². The van der Waals surface area contributed by atoms with Gasteiger partial charge in [-0.15, -0.1) is 0 Å². The van der Waals surface area contributed by atoms with Crippen LogP contribution in [-0.2, 0) is 6.18 Å². The van der Waals surface area contributed by atoms with Gasteiger partial charge in [-0.3, -0.25) is 4.98 Å². The van der Waals surface area contributed by atoms with E-state index in [0.29, 0.717) is 45.7 Å². The van der Waals surface area contributed by atoms with Gasteiger partial charge in [0.15, 0.2) is 11.5 Å². The van der Waals surface area contributed by atoms with E-state index >= 15 is 0 Å². The SMILES string of the molecule is COc1cc2nccc(Oc3ccc(NC(=O)Nc4ccc(Cl)c(C(F)(F)F)c4)c(F)c3)c2cc1Oc1ccc(N)cc1. The molecule has 220 valence electrons. The molecule has 1 aromatic heterocycles. The van der Waals surface area contributed by atoms with E-state index in [-0.39, 0.29) is 17.1 Å². The molecule has 13 heteroatoms. The number of nitrogens with one attached hydrogen (secondary N) is 2. The van der Waals surface area contributed by atoms with Crippen LogP contribution in [0.1, 0.15) is 5.56 Å². The topological polar surface area (TPSA) is 108 Å². The number of aromatic nitrogens is 1. The minimum absolute atomic E-state index is 0.0975. The van der Waals surface area contributed by atoms with Crippen LogP contribution in [0.5, 0.6) is 28.7 Å². The van der Waals surface area contributed by atoms with Crippen molar-refractivity contribution < 1.29 is 36.6 Å². The van der Waals surface area contributed by atoms with E-state index in [1.54, 1.807) is 42.5 Å². The fraction of sp³-hybridized carbons (Fsp3) is 0.0667. The van der Waals surface area contributed by atoms with Crippen LogP contribution in [0, 0.1) is 5.82 Å². The van der Waals surface area contributed by atoms with Crippen LogP contribution in [0.2, 0.25) is 5.02 Å². The van der Waals surface area contributed by atoms with Crippen molar-refractivity contribution in [1.82, 2.24) is 4.98 Å². The van der Waals surface area contributed by atoms with Crippen molar-refractivity contribution in [3.05, 3.63) is 101 Å². The summed E-state index contributed by atoms with van der Waals surface area (Å²) in [5, 5.41) is 4.50. The van der Waals surface area contributed by atoms with Gasteiger partial charge in [-0.25, -0.2) is 9.18 Å². The summed E-state index contributed by atoms with van der Waals surface area (Å²) in [6.07, 6.45) is -3.21. The van der Waals surface area contributed by atoms with Gasteiger partial charge in [-0.2, -0.15) is 13.2 Å². The predicted molar refractivity (Wildman–Crippen MR) is 155 cm³/mol. The molecule has 0 saturated carbocycles. The molecule has 0 spiro atoms. The smallest absolute Gasteiger partial charge is 0.417 e. The van der Waals surface area contributed by atoms with Gasteiger partial charge in [0.2, 0.25) is 0 Å². The number of hydrogen-bond donors (Lipinski definition) is 3. The number of halogens is 5. The third kappa shape index (κ3) is 6.81. The number of nitrogens with zero attached hydrogens (tertiary/aromatic N) is 1. The van der Waals surface area contributed by atoms with Crippen LogP contribution in [0.15, 0.2) is 85.1 Å². The lowest BCUT2D eigenvalue weighted by Gasteiger charge is -2.15. The predicted octanol–water partition coefficient (Wildman–Crippen LogP) is 8.87. The van der Waals surface area contributed by atoms with E-state index in [1.807, 2.05) is 0 Å². The van der Waals surface area contributed by atoms with Gasteiger partial charge in [-0.1, -0.05) is 11.6 Å². The number of methoxy groups -OCH3 is 1. The van der Waals surface area contributed by atoms with Crippen LogP contribution >= 0.6 is 11.6 Å². The minimum atomic E-state index is -4.72. The van der Waals surface area contributed by atoms with Crippen LogP contribution in [0.3, 0.4) is 0 Å².